The van der Waals surface area contributed by atoms with E-state index in [2.05, 4.69) is 34.8 Å². The molecule has 1 aliphatic rings. The third kappa shape index (κ3) is 3.22. The Balaban J connectivity index is 1.54. The number of hydrogen-bond acceptors (Lipinski definition) is 4. The van der Waals surface area contributed by atoms with Gasteiger partial charge in [0.2, 0.25) is 5.91 Å². The number of carbonyl (C=O) groups excluding carboxylic acids is 1. The van der Waals surface area contributed by atoms with Gasteiger partial charge in [0.1, 0.15) is 11.5 Å². The first-order valence-electron chi connectivity index (χ1n) is 9.07. The second-order valence-electron chi connectivity index (χ2n) is 6.94. The van der Waals surface area contributed by atoms with Gasteiger partial charge in [-0.15, -0.1) is 0 Å². The maximum absolute atomic E-state index is 12.8. The molecule has 1 saturated carbocycles. The summed E-state index contributed by atoms with van der Waals surface area (Å²) in [6, 6.07) is 24.3. The molecule has 5 nitrogen and oxygen atoms in total. The summed E-state index contributed by atoms with van der Waals surface area (Å²) in [6.07, 6.45) is 2.08. The molecule has 4 rings (SSSR count). The molecule has 1 unspecified atom stereocenters. The van der Waals surface area contributed by atoms with Crippen molar-refractivity contribution in [1.29, 1.82) is 0 Å². The molecule has 3 N–H and O–H groups in total. The third-order valence-corrected chi connectivity index (χ3v) is 5.25. The molecule has 140 valence electrons. The van der Waals surface area contributed by atoms with Gasteiger partial charge in [0.25, 0.3) is 0 Å². The average molecular weight is 372 g/mol. The first-order chi connectivity index (χ1) is 13.6. The quantitative estimate of drug-likeness (QED) is 0.473. The fourth-order valence-corrected chi connectivity index (χ4v) is 3.74. The first kappa shape index (κ1) is 17.8. The Morgan fingerprint density at radius 3 is 2.14 bits per heavy atom. The highest BCUT2D eigenvalue weighted by atomic mass is 16.3. The van der Waals surface area contributed by atoms with Gasteiger partial charge in [-0.2, -0.15) is 5.10 Å². The molecule has 0 saturated heterocycles. The SMILES string of the molecule is O=C(N/N=C/c1ccc(O)cc1O)C1CC1(c1ccccc1)c1ccccc1. The van der Waals surface area contributed by atoms with Gasteiger partial charge in [0, 0.05) is 17.0 Å². The molecule has 1 atom stereocenters. The number of hydrazone groups is 1. The summed E-state index contributed by atoms with van der Waals surface area (Å²) in [7, 11) is 0. The summed E-state index contributed by atoms with van der Waals surface area (Å²) in [5, 5.41) is 23.1. The maximum atomic E-state index is 12.8. The highest BCUT2D eigenvalue weighted by Gasteiger charge is 2.60. The lowest BCUT2D eigenvalue weighted by molar-refractivity contribution is -0.122. The van der Waals surface area contributed by atoms with Crippen LogP contribution in [0.5, 0.6) is 11.5 Å². The summed E-state index contributed by atoms with van der Waals surface area (Å²) in [5.41, 5.74) is 4.88. The first-order valence-corrected chi connectivity index (χ1v) is 9.07. The van der Waals surface area contributed by atoms with E-state index in [1.807, 2.05) is 36.4 Å². The number of nitrogens with zero attached hydrogens (tertiary/aromatic N) is 1. The van der Waals surface area contributed by atoms with Crippen molar-refractivity contribution in [2.24, 2.45) is 11.0 Å². The second-order valence-corrected chi connectivity index (χ2v) is 6.94. The molecule has 1 fully saturated rings. The van der Waals surface area contributed by atoms with Gasteiger partial charge in [-0.3, -0.25) is 4.79 Å². The molecule has 3 aromatic rings. The number of phenolic OH excluding ortho intramolecular Hbond substituents is 2. The molecule has 1 aliphatic carbocycles. The summed E-state index contributed by atoms with van der Waals surface area (Å²) >= 11 is 0. The highest BCUT2D eigenvalue weighted by Crippen LogP contribution is 2.58. The zero-order valence-corrected chi connectivity index (χ0v) is 15.1. The number of carbonyl (C=O) groups is 1. The summed E-state index contributed by atoms with van der Waals surface area (Å²) in [5.74, 6) is -0.524. The Bertz CT molecular complexity index is 977. The average Bonchev–Trinajstić information content (AvgIpc) is 3.48. The fourth-order valence-electron chi connectivity index (χ4n) is 3.74. The largest absolute Gasteiger partial charge is 0.508 e. The van der Waals surface area contributed by atoms with Gasteiger partial charge in [0.15, 0.2) is 0 Å². The molecule has 3 aromatic carbocycles. The van der Waals surface area contributed by atoms with E-state index in [0.717, 1.165) is 11.1 Å². The molecule has 0 aliphatic heterocycles. The van der Waals surface area contributed by atoms with E-state index in [1.54, 1.807) is 0 Å². The molecule has 0 radical (unpaired) electrons. The van der Waals surface area contributed by atoms with E-state index in [4.69, 9.17) is 0 Å². The Morgan fingerprint density at radius 1 is 0.964 bits per heavy atom. The van der Waals surface area contributed by atoms with E-state index in [9.17, 15) is 15.0 Å². The van der Waals surface area contributed by atoms with Crippen molar-refractivity contribution in [1.82, 2.24) is 5.43 Å². The van der Waals surface area contributed by atoms with Crippen LogP contribution in [-0.4, -0.2) is 22.3 Å². The van der Waals surface area contributed by atoms with Gasteiger partial charge in [-0.05, 0) is 29.7 Å². The number of aromatic hydroxyl groups is 2. The van der Waals surface area contributed by atoms with Crippen LogP contribution in [0, 0.1) is 5.92 Å². The molecule has 0 spiro atoms. The minimum Gasteiger partial charge on any atom is -0.508 e. The Hall–Kier alpha value is -3.60. The molecule has 0 aromatic heterocycles. The Morgan fingerprint density at radius 2 is 1.57 bits per heavy atom. The smallest absolute Gasteiger partial charge is 0.244 e. The lowest BCUT2D eigenvalue weighted by atomic mass is 9.85. The van der Waals surface area contributed by atoms with Crippen molar-refractivity contribution in [3.05, 3.63) is 95.6 Å². The van der Waals surface area contributed by atoms with Crippen molar-refractivity contribution in [3.8, 4) is 11.5 Å². The summed E-state index contributed by atoms with van der Waals surface area (Å²) in [6.45, 7) is 0. The van der Waals surface area contributed by atoms with E-state index in [1.165, 1.54) is 24.4 Å². The van der Waals surface area contributed by atoms with Crippen molar-refractivity contribution < 1.29 is 15.0 Å². The van der Waals surface area contributed by atoms with Gasteiger partial charge in [0.05, 0.1) is 12.1 Å². The van der Waals surface area contributed by atoms with Crippen LogP contribution in [0.3, 0.4) is 0 Å². The van der Waals surface area contributed by atoms with Crippen molar-refractivity contribution >= 4 is 12.1 Å². The minimum absolute atomic E-state index is 0.0350. The number of amides is 1. The molecule has 5 heteroatoms. The van der Waals surface area contributed by atoms with E-state index >= 15 is 0 Å². The van der Waals surface area contributed by atoms with Crippen molar-refractivity contribution in [3.63, 3.8) is 0 Å². The zero-order chi connectivity index (χ0) is 19.6. The van der Waals surface area contributed by atoms with E-state index in [-0.39, 0.29) is 28.7 Å². The maximum Gasteiger partial charge on any atom is 0.244 e. The van der Waals surface area contributed by atoms with Crippen LogP contribution >= 0.6 is 0 Å². The standard InChI is InChI=1S/C23H20N2O3/c26-19-12-11-16(21(27)13-19)15-24-25-22(28)20-14-23(20,17-7-3-1-4-8-17)18-9-5-2-6-10-18/h1-13,15,20,26-27H,14H2,(H,25,28)/b24-15+. The Kier molecular flexibility index (Phi) is 4.57. The number of nitrogens with one attached hydrogen (secondary N) is 1. The van der Waals surface area contributed by atoms with Crippen molar-refractivity contribution in [2.45, 2.75) is 11.8 Å². The highest BCUT2D eigenvalue weighted by molar-refractivity contribution is 5.88. The van der Waals surface area contributed by atoms with Crippen LogP contribution in [-0.2, 0) is 10.2 Å². The molecule has 0 bridgehead atoms. The van der Waals surface area contributed by atoms with Crippen LogP contribution in [0.25, 0.3) is 0 Å². The van der Waals surface area contributed by atoms with E-state index in [0.29, 0.717) is 12.0 Å². The minimum atomic E-state index is -0.344. The van der Waals surface area contributed by atoms with Crippen LogP contribution in [0.4, 0.5) is 0 Å². The molecular weight excluding hydrogens is 352 g/mol. The number of phenols is 2. The van der Waals surface area contributed by atoms with Crippen molar-refractivity contribution in [2.75, 3.05) is 0 Å². The summed E-state index contributed by atoms with van der Waals surface area (Å²) in [4.78, 5) is 12.8. The van der Waals surface area contributed by atoms with Crippen LogP contribution in [0.15, 0.2) is 84.0 Å². The van der Waals surface area contributed by atoms with Crippen LogP contribution in [0.2, 0.25) is 0 Å². The number of rotatable bonds is 5. The monoisotopic (exact) mass is 372 g/mol. The second kappa shape index (κ2) is 7.19. The van der Waals surface area contributed by atoms with E-state index < -0.39 is 0 Å². The van der Waals surface area contributed by atoms with Gasteiger partial charge >= 0.3 is 0 Å². The molecule has 1 amide bonds. The van der Waals surface area contributed by atoms with Gasteiger partial charge in [-0.1, -0.05) is 60.7 Å². The predicted octanol–water partition coefficient (Wildman–Crippen LogP) is 3.55. The van der Waals surface area contributed by atoms with Crippen LogP contribution in [0.1, 0.15) is 23.1 Å². The normalized spacial score (nSPS) is 17.4. The topological polar surface area (TPSA) is 81.9 Å². The number of hydrogen-bond donors (Lipinski definition) is 3. The van der Waals surface area contributed by atoms with Gasteiger partial charge in [-0.25, -0.2) is 5.43 Å². The van der Waals surface area contributed by atoms with Crippen LogP contribution < -0.4 is 5.43 Å². The van der Waals surface area contributed by atoms with Gasteiger partial charge < -0.3 is 10.2 Å². The Labute approximate surface area is 163 Å². The predicted molar refractivity (Wildman–Crippen MR) is 107 cm³/mol. The molecule has 0 heterocycles. The third-order valence-electron chi connectivity index (χ3n) is 5.25. The lowest BCUT2D eigenvalue weighted by Crippen LogP contribution is -2.25. The lowest BCUT2D eigenvalue weighted by Gasteiger charge is -2.18. The molecule has 28 heavy (non-hydrogen) atoms. The summed E-state index contributed by atoms with van der Waals surface area (Å²) < 4.78 is 0. The molecular formula is C23H20N2O3. The fraction of sp³-hybridized carbons (Fsp3) is 0.130. The number of benzene rings is 3. The zero-order valence-electron chi connectivity index (χ0n) is 15.1.